The summed E-state index contributed by atoms with van der Waals surface area (Å²) in [6.45, 7) is 12.4. The highest BCUT2D eigenvalue weighted by atomic mass is 32.1. The molecule has 4 atom stereocenters. The van der Waals surface area contributed by atoms with Gasteiger partial charge in [-0.1, -0.05) is 49.4 Å². The summed E-state index contributed by atoms with van der Waals surface area (Å²) in [5.74, 6) is -0.264. The standard InChI is InChI=1S/C49H63N8O7PS/c1-32-24-48(3)26-36(64-22-21-55(19-7-23-65(61,62)63)35-14-17-50-18-15-35)27-49(25-32,30-48)31-57-33(2)39(28-51-57)37-12-13-43(53-44(37)46(59)60)56-20-16-34-8-6-9-38(40(34)29-56)45(58)54-47-52-41-10-4-5-11-42(41)66-47/h4-6,8-13,28,32,35-36,50H,7,14-27,29-31H2,1-3H3,(H,59,60)(H,52,54,58)(H2,61,62,63). The molecule has 17 heteroatoms. The van der Waals surface area contributed by atoms with Crippen LogP contribution in [0.2, 0.25) is 0 Å². The number of hydrogen-bond acceptors (Lipinski definition) is 11. The summed E-state index contributed by atoms with van der Waals surface area (Å²) in [5.41, 5.74) is 5.56. The second kappa shape index (κ2) is 19.2. The van der Waals surface area contributed by atoms with Crippen molar-refractivity contribution in [3.05, 3.63) is 88.9 Å². The Labute approximate surface area is 390 Å². The van der Waals surface area contributed by atoms with Gasteiger partial charge in [-0.2, -0.15) is 5.10 Å². The first kappa shape index (κ1) is 46.6. The van der Waals surface area contributed by atoms with Gasteiger partial charge < -0.3 is 29.8 Å². The van der Waals surface area contributed by atoms with Crippen LogP contribution in [0, 0.1) is 23.7 Å². The fraction of sp³-hybridized carbons (Fsp3) is 0.531. The topological polar surface area (TPSA) is 195 Å². The van der Waals surface area contributed by atoms with E-state index >= 15 is 0 Å². The number of carboxylic acid groups (broad SMARTS) is 1. The van der Waals surface area contributed by atoms with Crippen molar-refractivity contribution >= 4 is 52.0 Å². The Bertz CT molecular complexity index is 2590. The largest absolute Gasteiger partial charge is 0.476 e. The monoisotopic (exact) mass is 938 g/mol. The van der Waals surface area contributed by atoms with Crippen LogP contribution in [0.5, 0.6) is 0 Å². The van der Waals surface area contributed by atoms with Gasteiger partial charge in [0, 0.05) is 54.6 Å². The molecule has 4 unspecified atom stereocenters. The van der Waals surface area contributed by atoms with Crippen molar-refractivity contribution in [3.8, 4) is 11.1 Å². The number of carbonyl (C=O) groups excluding carboxylic acids is 1. The van der Waals surface area contributed by atoms with Crippen LogP contribution in [0.4, 0.5) is 10.9 Å². The van der Waals surface area contributed by atoms with Crippen LogP contribution in [-0.4, -0.2) is 109 Å². The number of piperidine rings is 1. The number of carbonyl (C=O) groups is 2. The molecule has 3 aromatic heterocycles. The molecular weight excluding hydrogens is 876 g/mol. The molecule has 1 saturated heterocycles. The number of benzene rings is 2. The quantitative estimate of drug-likeness (QED) is 0.0598. The van der Waals surface area contributed by atoms with Gasteiger partial charge in [0.05, 0.1) is 35.3 Å². The van der Waals surface area contributed by atoms with Gasteiger partial charge in [-0.15, -0.1) is 0 Å². The van der Waals surface area contributed by atoms with Gasteiger partial charge in [0.15, 0.2) is 10.8 Å². The molecular formula is C49H63N8O7PS. The summed E-state index contributed by atoms with van der Waals surface area (Å²) in [5, 5.41) is 22.5. The first-order valence-corrected chi connectivity index (χ1v) is 26.2. The minimum Gasteiger partial charge on any atom is -0.476 e. The first-order chi connectivity index (χ1) is 31.6. The number of pyridine rings is 1. The lowest BCUT2D eigenvalue weighted by Gasteiger charge is -2.55. The number of para-hydroxylation sites is 1. The Hall–Kier alpha value is -4.54. The molecule has 352 valence electrons. The lowest BCUT2D eigenvalue weighted by atomic mass is 9.52. The Morgan fingerprint density at radius 3 is 2.62 bits per heavy atom. The summed E-state index contributed by atoms with van der Waals surface area (Å²) in [6.07, 6.45) is 10.1. The van der Waals surface area contributed by atoms with Crippen LogP contribution >= 0.6 is 18.9 Å². The predicted octanol–water partition coefficient (Wildman–Crippen LogP) is 7.99. The zero-order valence-electron chi connectivity index (χ0n) is 38.2. The van der Waals surface area contributed by atoms with E-state index < -0.39 is 13.6 Å². The van der Waals surface area contributed by atoms with Crippen molar-refractivity contribution in [2.75, 3.05) is 55.7 Å². The number of nitrogens with one attached hydrogen (secondary N) is 2. The molecule has 66 heavy (non-hydrogen) atoms. The minimum absolute atomic E-state index is 0.0359. The SMILES string of the molecule is Cc1c(-c2ccc(N3CCc4cccc(C(=O)Nc5nc6ccccc6s5)c4C3)nc2C(=O)O)cnn1CC12CC(C)CC(C)(CC(OCCN(CCCP(=O)(O)O)C3CCNCC3)C1)C2. The molecule has 1 amide bonds. The number of nitrogens with zero attached hydrogens (tertiary/aromatic N) is 6. The van der Waals surface area contributed by atoms with E-state index in [-0.39, 0.29) is 34.7 Å². The molecule has 0 radical (unpaired) electrons. The van der Waals surface area contributed by atoms with Gasteiger partial charge >= 0.3 is 13.6 Å². The van der Waals surface area contributed by atoms with E-state index in [4.69, 9.17) is 14.8 Å². The molecule has 5 aromatic rings. The zero-order valence-corrected chi connectivity index (χ0v) is 40.0. The third-order valence-corrected chi connectivity index (χ3v) is 16.4. The summed E-state index contributed by atoms with van der Waals surface area (Å²) < 4.78 is 21.5. The van der Waals surface area contributed by atoms with Crippen molar-refractivity contribution in [1.29, 1.82) is 0 Å². The van der Waals surface area contributed by atoms with Crippen LogP contribution in [0.1, 0.15) is 103 Å². The van der Waals surface area contributed by atoms with Crippen LogP contribution in [-0.2, 0) is 28.8 Å². The Morgan fingerprint density at radius 2 is 1.83 bits per heavy atom. The van der Waals surface area contributed by atoms with Crippen molar-refractivity contribution in [1.82, 2.24) is 30.0 Å². The lowest BCUT2D eigenvalue weighted by molar-refractivity contribution is -0.112. The van der Waals surface area contributed by atoms with Crippen LogP contribution in [0.15, 0.2) is 60.8 Å². The van der Waals surface area contributed by atoms with E-state index in [9.17, 15) is 29.0 Å². The van der Waals surface area contributed by atoms with Gasteiger partial charge in [-0.3, -0.25) is 24.3 Å². The highest BCUT2D eigenvalue weighted by molar-refractivity contribution is 7.51. The number of hydrogen-bond donors (Lipinski definition) is 5. The van der Waals surface area contributed by atoms with E-state index in [0.717, 1.165) is 97.2 Å². The molecule has 0 spiro atoms. The van der Waals surface area contributed by atoms with Gasteiger partial charge in [0.2, 0.25) is 0 Å². The van der Waals surface area contributed by atoms with Crippen molar-refractivity contribution in [3.63, 3.8) is 0 Å². The second-order valence-electron chi connectivity index (χ2n) is 19.9. The molecule has 5 heterocycles. The maximum absolute atomic E-state index is 13.7. The van der Waals surface area contributed by atoms with Gasteiger partial charge in [0.25, 0.3) is 5.91 Å². The van der Waals surface area contributed by atoms with Crippen molar-refractivity contribution < 1.29 is 33.8 Å². The van der Waals surface area contributed by atoms with Gasteiger partial charge in [0.1, 0.15) is 5.82 Å². The summed E-state index contributed by atoms with van der Waals surface area (Å²) >= 11 is 1.43. The Balaban J connectivity index is 0.895. The molecule has 4 aliphatic rings. The number of anilines is 2. The highest BCUT2D eigenvalue weighted by Gasteiger charge is 2.51. The normalized spacial score (nSPS) is 23.6. The molecule has 15 nitrogen and oxygen atoms in total. The summed E-state index contributed by atoms with van der Waals surface area (Å²) in [7, 11) is -4.05. The van der Waals surface area contributed by atoms with Crippen molar-refractivity contribution in [2.24, 2.45) is 16.7 Å². The van der Waals surface area contributed by atoms with E-state index in [0.29, 0.717) is 79.7 Å². The van der Waals surface area contributed by atoms with Crippen molar-refractivity contribution in [2.45, 2.75) is 104 Å². The van der Waals surface area contributed by atoms with Crippen LogP contribution in [0.25, 0.3) is 21.3 Å². The number of rotatable bonds is 16. The lowest BCUT2D eigenvalue weighted by Crippen LogP contribution is -2.50. The minimum atomic E-state index is -4.05. The van der Waals surface area contributed by atoms with Crippen LogP contribution < -0.4 is 15.5 Å². The molecule has 3 fully saturated rings. The average Bonchev–Trinajstić information content (AvgIpc) is 3.85. The smallest absolute Gasteiger partial charge is 0.355 e. The first-order valence-electron chi connectivity index (χ1n) is 23.5. The fourth-order valence-corrected chi connectivity index (χ4v) is 13.6. The van der Waals surface area contributed by atoms with Gasteiger partial charge in [-0.25, -0.2) is 14.8 Å². The van der Waals surface area contributed by atoms with Crippen LogP contribution in [0.3, 0.4) is 0 Å². The van der Waals surface area contributed by atoms with E-state index in [1.165, 1.54) is 11.3 Å². The number of carboxylic acids is 1. The van der Waals surface area contributed by atoms with E-state index in [1.807, 2.05) is 66.4 Å². The number of ether oxygens (including phenoxy) is 1. The second-order valence-corrected chi connectivity index (χ2v) is 22.7. The van der Waals surface area contributed by atoms with Gasteiger partial charge in [-0.05, 0) is 143 Å². The number of amides is 1. The highest BCUT2D eigenvalue weighted by Crippen LogP contribution is 2.58. The summed E-state index contributed by atoms with van der Waals surface area (Å²) in [6, 6.07) is 17.7. The summed E-state index contributed by atoms with van der Waals surface area (Å²) in [4.78, 5) is 59.5. The number of aromatic nitrogens is 4. The maximum Gasteiger partial charge on any atom is 0.355 e. The molecule has 2 aliphatic heterocycles. The van der Waals surface area contributed by atoms with E-state index in [1.54, 1.807) is 6.20 Å². The van der Waals surface area contributed by atoms with E-state index in [2.05, 4.69) is 39.0 Å². The Kier molecular flexibility index (Phi) is 13.6. The molecule has 2 bridgehead atoms. The number of aromatic carboxylic acids is 1. The third kappa shape index (κ3) is 10.4. The average molecular weight is 939 g/mol. The third-order valence-electron chi connectivity index (χ3n) is 14.6. The molecule has 5 N–H and O–H groups in total. The molecule has 9 rings (SSSR count). The number of fused-ring (bicyclic) bond motifs is 4. The molecule has 2 aromatic carbocycles. The molecule has 2 saturated carbocycles. The Morgan fingerprint density at radius 1 is 1.02 bits per heavy atom. The maximum atomic E-state index is 13.7. The number of thiazole rings is 1. The predicted molar refractivity (Wildman–Crippen MR) is 257 cm³/mol. The molecule has 2 aliphatic carbocycles. The fourth-order valence-electron chi connectivity index (χ4n) is 12.2. The zero-order chi connectivity index (χ0) is 46.2.